The second-order valence-corrected chi connectivity index (χ2v) is 6.76. The number of amidine groups is 1. The predicted molar refractivity (Wildman–Crippen MR) is 117 cm³/mol. The second-order valence-electron chi connectivity index (χ2n) is 6.76. The highest BCUT2D eigenvalue weighted by atomic mass is 79.9. The van der Waals surface area contributed by atoms with E-state index in [1.54, 1.807) is 12.1 Å². The van der Waals surface area contributed by atoms with Crippen molar-refractivity contribution in [2.45, 2.75) is 32.6 Å². The Morgan fingerprint density at radius 1 is 1.14 bits per heavy atom. The Bertz CT molecular complexity index is 865. The minimum absolute atomic E-state index is 0. The van der Waals surface area contributed by atoms with E-state index >= 15 is 0 Å². The van der Waals surface area contributed by atoms with Gasteiger partial charge in [0.15, 0.2) is 5.78 Å². The van der Waals surface area contributed by atoms with Gasteiger partial charge in [-0.05, 0) is 38.0 Å². The summed E-state index contributed by atoms with van der Waals surface area (Å²) in [6, 6.07) is 13.9. The SMILES string of the molecule is Br.Cc1cccc(C(=O)CN(C2=NCCCCC2)c2ccc([N+](=O)[O-])cc2)c1. The Morgan fingerprint density at radius 2 is 1.89 bits per heavy atom. The van der Waals surface area contributed by atoms with Crippen LogP contribution >= 0.6 is 17.0 Å². The van der Waals surface area contributed by atoms with Crippen LogP contribution in [0.2, 0.25) is 0 Å². The second kappa shape index (κ2) is 10.1. The number of hydrogen-bond acceptors (Lipinski definition) is 5. The molecule has 6 nitrogen and oxygen atoms in total. The van der Waals surface area contributed by atoms with Crippen molar-refractivity contribution < 1.29 is 9.72 Å². The first kappa shape index (κ1) is 21.8. The van der Waals surface area contributed by atoms with Gasteiger partial charge in [0.05, 0.1) is 11.5 Å². The summed E-state index contributed by atoms with van der Waals surface area (Å²) in [6.07, 6.45) is 4.00. The first-order chi connectivity index (χ1) is 13.0. The zero-order chi connectivity index (χ0) is 19.2. The molecule has 0 aromatic heterocycles. The highest BCUT2D eigenvalue weighted by Crippen LogP contribution is 2.23. The van der Waals surface area contributed by atoms with Crippen molar-refractivity contribution in [1.29, 1.82) is 0 Å². The Labute approximate surface area is 175 Å². The van der Waals surface area contributed by atoms with Crippen LogP contribution in [0.1, 0.15) is 41.6 Å². The van der Waals surface area contributed by atoms with E-state index in [-0.39, 0.29) is 35.0 Å². The van der Waals surface area contributed by atoms with Gasteiger partial charge in [-0.3, -0.25) is 19.9 Å². The maximum atomic E-state index is 12.9. The van der Waals surface area contributed by atoms with Crippen LogP contribution in [0, 0.1) is 17.0 Å². The van der Waals surface area contributed by atoms with Crippen molar-refractivity contribution in [3.8, 4) is 0 Å². The molecule has 0 bridgehead atoms. The molecule has 0 unspecified atom stereocenters. The van der Waals surface area contributed by atoms with Gasteiger partial charge in [-0.2, -0.15) is 0 Å². The van der Waals surface area contributed by atoms with Crippen LogP contribution in [-0.2, 0) is 0 Å². The van der Waals surface area contributed by atoms with Crippen LogP contribution in [0.25, 0.3) is 0 Å². The van der Waals surface area contributed by atoms with Gasteiger partial charge in [-0.25, -0.2) is 0 Å². The van der Waals surface area contributed by atoms with E-state index < -0.39 is 4.92 Å². The van der Waals surface area contributed by atoms with Gasteiger partial charge in [-0.15, -0.1) is 17.0 Å². The van der Waals surface area contributed by atoms with Crippen LogP contribution in [0.4, 0.5) is 11.4 Å². The van der Waals surface area contributed by atoms with E-state index in [0.29, 0.717) is 5.56 Å². The molecule has 2 aromatic rings. The monoisotopic (exact) mass is 445 g/mol. The normalized spacial score (nSPS) is 13.7. The Hall–Kier alpha value is -2.54. The highest BCUT2D eigenvalue weighted by molar-refractivity contribution is 8.93. The van der Waals surface area contributed by atoms with Crippen LogP contribution in [0.5, 0.6) is 0 Å². The third-order valence-corrected chi connectivity index (χ3v) is 4.68. The lowest BCUT2D eigenvalue weighted by molar-refractivity contribution is -0.384. The molecule has 1 heterocycles. The lowest BCUT2D eigenvalue weighted by atomic mass is 10.1. The number of aryl methyl sites for hydroxylation is 1. The van der Waals surface area contributed by atoms with Gasteiger partial charge >= 0.3 is 0 Å². The summed E-state index contributed by atoms with van der Waals surface area (Å²) in [7, 11) is 0. The molecule has 0 radical (unpaired) electrons. The molecule has 7 heteroatoms. The third-order valence-electron chi connectivity index (χ3n) is 4.68. The number of carbonyl (C=O) groups is 1. The molecular formula is C21H24BrN3O3. The molecule has 0 saturated heterocycles. The fraction of sp³-hybridized carbons (Fsp3) is 0.333. The number of benzene rings is 2. The number of nitro benzene ring substituents is 1. The van der Waals surface area contributed by atoms with Gasteiger partial charge in [0.1, 0.15) is 5.84 Å². The summed E-state index contributed by atoms with van der Waals surface area (Å²) in [6.45, 7) is 2.87. The molecule has 0 spiro atoms. The smallest absolute Gasteiger partial charge is 0.269 e. The molecule has 148 valence electrons. The van der Waals surface area contributed by atoms with E-state index in [4.69, 9.17) is 0 Å². The van der Waals surface area contributed by atoms with E-state index in [1.165, 1.54) is 12.1 Å². The standard InChI is InChI=1S/C21H23N3O3.BrH/c1-16-6-5-7-17(14-16)20(25)15-23(21-8-3-2-4-13-22-21)18-9-11-19(12-10-18)24(26)27;/h5-7,9-12,14H,2-4,8,13,15H2,1H3;1H. The number of ketones is 1. The molecule has 0 saturated carbocycles. The Balaban J connectivity index is 0.00000280. The fourth-order valence-corrected chi connectivity index (χ4v) is 3.22. The average molecular weight is 446 g/mol. The molecule has 0 amide bonds. The summed E-state index contributed by atoms with van der Waals surface area (Å²) in [5.74, 6) is 0.881. The number of anilines is 1. The minimum Gasteiger partial charge on any atom is -0.322 e. The Morgan fingerprint density at radius 3 is 2.57 bits per heavy atom. The number of nitro groups is 1. The topological polar surface area (TPSA) is 75.8 Å². The minimum atomic E-state index is -0.421. The number of Topliss-reactive ketones (excluding diaryl/α,β-unsaturated/α-hetero) is 1. The first-order valence-corrected chi connectivity index (χ1v) is 9.20. The molecule has 28 heavy (non-hydrogen) atoms. The summed E-state index contributed by atoms with van der Waals surface area (Å²) in [5, 5.41) is 10.9. The van der Waals surface area contributed by atoms with Gasteiger partial charge in [-0.1, -0.05) is 30.2 Å². The number of carbonyl (C=O) groups excluding carboxylic acids is 1. The lowest BCUT2D eigenvalue weighted by Crippen LogP contribution is -2.36. The Kier molecular flexibility index (Phi) is 7.87. The van der Waals surface area contributed by atoms with Crippen molar-refractivity contribution in [1.82, 2.24) is 0 Å². The van der Waals surface area contributed by atoms with E-state index in [1.807, 2.05) is 36.1 Å². The molecule has 3 rings (SSSR count). The van der Waals surface area contributed by atoms with Crippen LogP contribution in [0.15, 0.2) is 53.5 Å². The number of rotatable bonds is 5. The number of non-ortho nitro benzene ring substituents is 1. The molecule has 1 aliphatic rings. The molecule has 2 aromatic carbocycles. The van der Waals surface area contributed by atoms with E-state index in [9.17, 15) is 14.9 Å². The summed E-state index contributed by atoms with van der Waals surface area (Å²) in [5.41, 5.74) is 2.49. The maximum Gasteiger partial charge on any atom is 0.269 e. The molecule has 0 N–H and O–H groups in total. The highest BCUT2D eigenvalue weighted by Gasteiger charge is 2.20. The number of aliphatic imine (C=N–C) groups is 1. The summed E-state index contributed by atoms with van der Waals surface area (Å²) < 4.78 is 0. The zero-order valence-electron chi connectivity index (χ0n) is 15.8. The maximum absolute atomic E-state index is 12.9. The number of halogens is 1. The quantitative estimate of drug-likeness (QED) is 0.362. The van der Waals surface area contributed by atoms with Gasteiger partial charge < -0.3 is 4.90 Å². The third kappa shape index (κ3) is 5.48. The molecule has 1 aliphatic heterocycles. The lowest BCUT2D eigenvalue weighted by Gasteiger charge is -2.25. The average Bonchev–Trinajstić information content (AvgIpc) is 2.95. The molecule has 0 aliphatic carbocycles. The summed E-state index contributed by atoms with van der Waals surface area (Å²) >= 11 is 0. The summed E-state index contributed by atoms with van der Waals surface area (Å²) in [4.78, 5) is 30.0. The van der Waals surface area contributed by atoms with Crippen molar-refractivity contribution in [3.05, 3.63) is 69.8 Å². The van der Waals surface area contributed by atoms with Crippen molar-refractivity contribution in [2.24, 2.45) is 4.99 Å². The van der Waals surface area contributed by atoms with Crippen molar-refractivity contribution in [3.63, 3.8) is 0 Å². The number of hydrogen-bond donors (Lipinski definition) is 0. The van der Waals surface area contributed by atoms with Gasteiger partial charge in [0.2, 0.25) is 0 Å². The predicted octanol–water partition coefficient (Wildman–Crippen LogP) is 5.14. The van der Waals surface area contributed by atoms with Crippen LogP contribution in [-0.4, -0.2) is 29.6 Å². The van der Waals surface area contributed by atoms with Gasteiger partial charge in [0.25, 0.3) is 5.69 Å². The zero-order valence-corrected chi connectivity index (χ0v) is 17.5. The van der Waals surface area contributed by atoms with Gasteiger partial charge in [0, 0.05) is 36.3 Å². The van der Waals surface area contributed by atoms with Crippen LogP contribution in [0.3, 0.4) is 0 Å². The largest absolute Gasteiger partial charge is 0.322 e. The molecule has 0 fully saturated rings. The van der Waals surface area contributed by atoms with Crippen LogP contribution < -0.4 is 4.90 Å². The first-order valence-electron chi connectivity index (χ1n) is 9.20. The molecular weight excluding hydrogens is 422 g/mol. The molecule has 0 atom stereocenters. The van der Waals surface area contributed by atoms with Crippen molar-refractivity contribution >= 4 is 40.0 Å². The van der Waals surface area contributed by atoms with E-state index in [0.717, 1.165) is 49.3 Å². The van der Waals surface area contributed by atoms with Crippen molar-refractivity contribution in [2.75, 3.05) is 18.0 Å². The number of nitrogens with zero attached hydrogens (tertiary/aromatic N) is 3. The van der Waals surface area contributed by atoms with E-state index in [2.05, 4.69) is 4.99 Å². The fourth-order valence-electron chi connectivity index (χ4n) is 3.22.